The molecule has 0 aromatic heterocycles. The average molecular weight is 934 g/mol. The van der Waals surface area contributed by atoms with Crippen LogP contribution in [0.5, 0.6) is 0 Å². The number of esters is 3. The Morgan fingerprint density at radius 1 is 0.242 bits per heavy atom. The third kappa shape index (κ3) is 53.4. The van der Waals surface area contributed by atoms with Gasteiger partial charge in [-0.1, -0.05) is 310 Å². The molecule has 0 amide bonds. The standard InChI is InChI=1S/C60H116O6/c1-4-7-10-13-16-19-22-25-27-29-31-33-36-38-41-44-47-50-53-59(62)65-56-57(66-60(63)54-51-48-45-42-39-34-24-21-18-15-12-9-6-3)55-64-58(61)52-49-46-43-40-37-35-32-30-28-26-23-20-17-14-11-8-5-2/h57H,4-56H2,1-3H3/t57-/m1/s1. The van der Waals surface area contributed by atoms with Crippen LogP contribution < -0.4 is 0 Å². The van der Waals surface area contributed by atoms with Crippen molar-refractivity contribution in [2.75, 3.05) is 13.2 Å². The van der Waals surface area contributed by atoms with E-state index in [9.17, 15) is 14.4 Å². The molecule has 0 spiro atoms. The van der Waals surface area contributed by atoms with Crippen LogP contribution in [0.15, 0.2) is 0 Å². The molecular weight excluding hydrogens is 817 g/mol. The molecule has 0 rings (SSSR count). The zero-order chi connectivity index (χ0) is 47.9. The first-order chi connectivity index (χ1) is 32.5. The van der Waals surface area contributed by atoms with Crippen molar-refractivity contribution in [3.63, 3.8) is 0 Å². The minimum absolute atomic E-state index is 0.0609. The van der Waals surface area contributed by atoms with E-state index in [2.05, 4.69) is 20.8 Å². The highest BCUT2D eigenvalue weighted by molar-refractivity contribution is 5.71. The molecular formula is C60H116O6. The highest BCUT2D eigenvalue weighted by Crippen LogP contribution is 2.18. The van der Waals surface area contributed by atoms with Crippen molar-refractivity contribution >= 4 is 17.9 Å². The first kappa shape index (κ1) is 64.4. The van der Waals surface area contributed by atoms with Crippen molar-refractivity contribution in [3.8, 4) is 0 Å². The van der Waals surface area contributed by atoms with Crippen LogP contribution in [-0.2, 0) is 28.6 Å². The molecule has 0 saturated carbocycles. The van der Waals surface area contributed by atoms with E-state index in [4.69, 9.17) is 14.2 Å². The predicted molar refractivity (Wildman–Crippen MR) is 284 cm³/mol. The molecule has 0 aliphatic rings. The van der Waals surface area contributed by atoms with Crippen molar-refractivity contribution < 1.29 is 28.6 Å². The number of unbranched alkanes of at least 4 members (excludes halogenated alkanes) is 45. The average Bonchev–Trinajstić information content (AvgIpc) is 3.31. The molecule has 0 saturated heterocycles. The summed E-state index contributed by atoms with van der Waals surface area (Å²) in [6.45, 7) is 6.71. The number of ether oxygens (including phenoxy) is 3. The molecule has 0 aromatic rings. The van der Waals surface area contributed by atoms with Crippen molar-refractivity contribution in [3.05, 3.63) is 0 Å². The minimum atomic E-state index is -0.761. The maximum atomic E-state index is 12.8. The van der Waals surface area contributed by atoms with Gasteiger partial charge in [0, 0.05) is 19.3 Å². The maximum Gasteiger partial charge on any atom is 0.306 e. The van der Waals surface area contributed by atoms with Gasteiger partial charge in [-0.2, -0.15) is 0 Å². The molecule has 1 atom stereocenters. The Morgan fingerprint density at radius 3 is 0.606 bits per heavy atom. The van der Waals surface area contributed by atoms with E-state index in [0.717, 1.165) is 57.8 Å². The van der Waals surface area contributed by atoms with E-state index < -0.39 is 6.10 Å². The molecule has 0 N–H and O–H groups in total. The molecule has 6 nitrogen and oxygen atoms in total. The molecule has 66 heavy (non-hydrogen) atoms. The van der Waals surface area contributed by atoms with Gasteiger partial charge in [-0.25, -0.2) is 0 Å². The molecule has 0 aliphatic heterocycles. The lowest BCUT2D eigenvalue weighted by Gasteiger charge is -2.18. The monoisotopic (exact) mass is 933 g/mol. The highest BCUT2D eigenvalue weighted by atomic mass is 16.6. The Kier molecular flexibility index (Phi) is 54.7. The first-order valence-corrected chi connectivity index (χ1v) is 30.0. The van der Waals surface area contributed by atoms with Crippen LogP contribution in [0.25, 0.3) is 0 Å². The van der Waals surface area contributed by atoms with Gasteiger partial charge in [0.15, 0.2) is 6.10 Å². The van der Waals surface area contributed by atoms with Gasteiger partial charge in [-0.3, -0.25) is 14.4 Å². The van der Waals surface area contributed by atoms with E-state index in [1.807, 2.05) is 0 Å². The third-order valence-electron chi connectivity index (χ3n) is 13.9. The van der Waals surface area contributed by atoms with Gasteiger partial charge in [0.2, 0.25) is 0 Å². The van der Waals surface area contributed by atoms with Gasteiger partial charge in [0.25, 0.3) is 0 Å². The number of hydrogen-bond acceptors (Lipinski definition) is 6. The molecule has 392 valence electrons. The summed E-state index contributed by atoms with van der Waals surface area (Å²) in [5, 5.41) is 0. The van der Waals surface area contributed by atoms with Crippen LogP contribution in [-0.4, -0.2) is 37.2 Å². The highest BCUT2D eigenvalue weighted by Gasteiger charge is 2.19. The van der Waals surface area contributed by atoms with E-state index in [0.29, 0.717) is 19.3 Å². The zero-order valence-electron chi connectivity index (χ0n) is 45.0. The van der Waals surface area contributed by atoms with Gasteiger partial charge in [-0.05, 0) is 19.3 Å². The predicted octanol–water partition coefficient (Wildman–Crippen LogP) is 19.9. The first-order valence-electron chi connectivity index (χ1n) is 30.0. The van der Waals surface area contributed by atoms with Crippen molar-refractivity contribution in [2.24, 2.45) is 0 Å². The summed E-state index contributed by atoms with van der Waals surface area (Å²) in [5.74, 6) is -0.829. The Bertz CT molecular complexity index is 982. The molecule has 0 aromatic carbocycles. The molecule has 0 aliphatic carbocycles. The summed E-state index contributed by atoms with van der Waals surface area (Å²) < 4.78 is 16.9. The minimum Gasteiger partial charge on any atom is -0.462 e. The van der Waals surface area contributed by atoms with Gasteiger partial charge in [0.05, 0.1) is 0 Å². The van der Waals surface area contributed by atoms with Crippen LogP contribution in [0.4, 0.5) is 0 Å². The van der Waals surface area contributed by atoms with E-state index >= 15 is 0 Å². The summed E-state index contributed by atoms with van der Waals surface area (Å²) in [6, 6.07) is 0. The molecule has 6 heteroatoms. The van der Waals surface area contributed by atoms with E-state index in [-0.39, 0.29) is 31.1 Å². The number of carbonyl (C=O) groups is 3. The molecule has 0 unspecified atom stereocenters. The summed E-state index contributed by atoms with van der Waals surface area (Å²) >= 11 is 0. The summed E-state index contributed by atoms with van der Waals surface area (Å²) in [6.07, 6.45) is 62.4. The molecule has 0 radical (unpaired) electrons. The quantitative estimate of drug-likeness (QED) is 0.0343. The van der Waals surface area contributed by atoms with E-state index in [1.165, 1.54) is 250 Å². The van der Waals surface area contributed by atoms with Gasteiger partial charge in [-0.15, -0.1) is 0 Å². The van der Waals surface area contributed by atoms with Gasteiger partial charge in [0.1, 0.15) is 13.2 Å². The number of carbonyl (C=O) groups excluding carboxylic acids is 3. The summed E-state index contributed by atoms with van der Waals surface area (Å²) in [7, 11) is 0. The lowest BCUT2D eigenvalue weighted by molar-refractivity contribution is -0.167. The third-order valence-corrected chi connectivity index (χ3v) is 13.9. The second kappa shape index (κ2) is 56.0. The number of hydrogen-bond donors (Lipinski definition) is 0. The Hall–Kier alpha value is -1.59. The largest absolute Gasteiger partial charge is 0.462 e. The Labute approximate surface area is 412 Å². The SMILES string of the molecule is CCCCCCCCCCCCCCCCCCCCC(=O)OC[C@@H](COC(=O)CCCCCCCCCCCCCCCCCCC)OC(=O)CCCCCCCCCCCCCCC. The maximum absolute atomic E-state index is 12.8. The Morgan fingerprint density at radius 2 is 0.409 bits per heavy atom. The van der Waals surface area contributed by atoms with Gasteiger partial charge < -0.3 is 14.2 Å². The second-order valence-electron chi connectivity index (χ2n) is 20.6. The second-order valence-corrected chi connectivity index (χ2v) is 20.6. The topological polar surface area (TPSA) is 78.9 Å². The number of rotatable bonds is 56. The molecule has 0 bridgehead atoms. The van der Waals surface area contributed by atoms with Gasteiger partial charge >= 0.3 is 17.9 Å². The van der Waals surface area contributed by atoms with Crippen LogP contribution in [0.2, 0.25) is 0 Å². The fourth-order valence-electron chi connectivity index (χ4n) is 9.33. The van der Waals surface area contributed by atoms with Crippen LogP contribution in [0.1, 0.15) is 348 Å². The normalized spacial score (nSPS) is 11.9. The fraction of sp³-hybridized carbons (Fsp3) is 0.950. The molecule has 0 heterocycles. The molecule has 0 fully saturated rings. The smallest absolute Gasteiger partial charge is 0.306 e. The fourth-order valence-corrected chi connectivity index (χ4v) is 9.33. The van der Waals surface area contributed by atoms with Crippen molar-refractivity contribution in [1.82, 2.24) is 0 Å². The van der Waals surface area contributed by atoms with Crippen LogP contribution in [0.3, 0.4) is 0 Å². The lowest BCUT2D eigenvalue weighted by Crippen LogP contribution is -2.30. The summed E-state index contributed by atoms with van der Waals surface area (Å²) in [4.78, 5) is 38.2. The van der Waals surface area contributed by atoms with Crippen molar-refractivity contribution in [2.45, 2.75) is 354 Å². The van der Waals surface area contributed by atoms with E-state index in [1.54, 1.807) is 0 Å². The van der Waals surface area contributed by atoms with Crippen LogP contribution >= 0.6 is 0 Å². The Balaban J connectivity index is 4.26. The van der Waals surface area contributed by atoms with Crippen molar-refractivity contribution in [1.29, 1.82) is 0 Å². The van der Waals surface area contributed by atoms with Crippen LogP contribution in [0, 0.1) is 0 Å². The lowest BCUT2D eigenvalue weighted by atomic mass is 10.0. The zero-order valence-corrected chi connectivity index (χ0v) is 45.0. The summed E-state index contributed by atoms with van der Waals surface area (Å²) in [5.41, 5.74) is 0.